The van der Waals surface area contributed by atoms with Gasteiger partial charge in [-0.15, -0.1) is 0 Å². The molecule has 442 valence electrons. The van der Waals surface area contributed by atoms with Gasteiger partial charge >= 0.3 is 0 Å². The number of anilines is 1. The van der Waals surface area contributed by atoms with E-state index in [2.05, 4.69) is 62.5 Å². The van der Waals surface area contributed by atoms with Crippen LogP contribution in [0.1, 0.15) is 162 Å². The molecule has 19 N–H and O–H groups in total. The SMILES string of the molecule is CCCCCCCCC=CCCCCCCCCCCCCCC(=O)SCCNC(=O)CCNC(=O)C(O)C(C)(C)COP(=O)([O-])OP(=O)([O-])OCC1OC(n2cnc3c(N)ncnc32)C(O)C1OP(=O)([O-])O.[NH4+].[NH4+].[NH4+]. The van der Waals surface area contributed by atoms with E-state index in [-0.39, 0.29) is 60.1 Å². The van der Waals surface area contributed by atoms with Gasteiger partial charge in [0.1, 0.15) is 36.3 Å². The maximum atomic E-state index is 12.7. The van der Waals surface area contributed by atoms with Crippen LogP contribution in [0, 0.1) is 5.41 Å². The number of nitrogens with one attached hydrogen (secondary N) is 2. The summed E-state index contributed by atoms with van der Waals surface area (Å²) >= 11 is 1.15. The minimum atomic E-state index is -5.91. The quantitative estimate of drug-likeness (QED) is 0.0201. The Balaban J connectivity index is 0.0000187. The third kappa shape index (κ3) is 28.9. The number of carbonyl (C=O) groups excluding carboxylic acids is 3. The zero-order valence-corrected chi connectivity index (χ0v) is 48.8. The Hall–Kier alpha value is -2.82. The average molecular weight is 1170 g/mol. The van der Waals surface area contributed by atoms with Crippen molar-refractivity contribution in [2.45, 2.75) is 186 Å². The van der Waals surface area contributed by atoms with Crippen LogP contribution in [0.2, 0.25) is 0 Å². The van der Waals surface area contributed by atoms with E-state index in [1.165, 1.54) is 117 Å². The molecule has 0 aliphatic carbocycles. The number of hydrogen-bond acceptors (Lipinski definition) is 21. The monoisotopic (exact) mass is 1170 g/mol. The number of imidazole rings is 1. The lowest BCUT2D eigenvalue weighted by Gasteiger charge is -2.35. The molecule has 8 unspecified atom stereocenters. The number of rotatable bonds is 40. The Kier molecular flexibility index (Phi) is 36.5. The number of nitrogens with two attached hydrogens (primary N) is 1. The van der Waals surface area contributed by atoms with Crippen LogP contribution in [0.5, 0.6) is 0 Å². The molecule has 1 saturated heterocycles. The van der Waals surface area contributed by atoms with Crippen molar-refractivity contribution >= 4 is 69.1 Å². The Bertz CT molecular complexity index is 2160. The third-order valence-electron chi connectivity index (χ3n) is 11.9. The topological polar surface area (TPSA) is 482 Å². The van der Waals surface area contributed by atoms with E-state index in [0.29, 0.717) is 12.2 Å². The number of fused-ring (bicyclic) bond motifs is 1. The fraction of sp³-hybridized carbons (Fsp3) is 0.778. The van der Waals surface area contributed by atoms with Gasteiger partial charge in [0.25, 0.3) is 23.5 Å². The second kappa shape index (κ2) is 37.9. The van der Waals surface area contributed by atoms with Crippen LogP contribution >= 0.6 is 35.2 Å². The number of phosphoric ester groups is 3. The third-order valence-corrected chi connectivity index (χ3v) is 15.8. The highest BCUT2D eigenvalue weighted by molar-refractivity contribution is 8.13. The van der Waals surface area contributed by atoms with E-state index in [1.807, 2.05) is 0 Å². The van der Waals surface area contributed by atoms with Crippen molar-refractivity contribution in [3.8, 4) is 0 Å². The molecular weight excluding hydrogens is 1080 g/mol. The van der Waals surface area contributed by atoms with Gasteiger partial charge in [-0.2, -0.15) is 0 Å². The first-order valence-corrected chi connectivity index (χ1v) is 30.6. The molecular formula is C45H89N10O17P3S. The van der Waals surface area contributed by atoms with Crippen molar-refractivity contribution in [1.82, 2.24) is 48.6 Å². The van der Waals surface area contributed by atoms with Gasteiger partial charge in [0.2, 0.25) is 11.8 Å². The highest BCUT2D eigenvalue weighted by Gasteiger charge is 2.48. The van der Waals surface area contributed by atoms with Gasteiger partial charge in [0.05, 0.1) is 19.5 Å². The van der Waals surface area contributed by atoms with E-state index in [4.69, 9.17) is 10.5 Å². The second-order valence-electron chi connectivity index (χ2n) is 18.7. The van der Waals surface area contributed by atoms with Gasteiger partial charge in [0.15, 0.2) is 22.8 Å². The molecule has 1 aliphatic rings. The molecule has 2 aromatic heterocycles. The largest absolute Gasteiger partial charge is 0.756 e. The molecule has 76 heavy (non-hydrogen) atoms. The molecule has 0 spiro atoms. The fourth-order valence-electron chi connectivity index (χ4n) is 7.75. The van der Waals surface area contributed by atoms with Crippen molar-refractivity contribution in [2.75, 3.05) is 37.8 Å². The lowest BCUT2D eigenvalue weighted by atomic mass is 9.87. The van der Waals surface area contributed by atoms with Gasteiger partial charge < -0.3 is 82.9 Å². The van der Waals surface area contributed by atoms with E-state index >= 15 is 0 Å². The van der Waals surface area contributed by atoms with Crippen LogP contribution in [-0.2, 0) is 50.7 Å². The maximum Gasteiger partial charge on any atom is 0.274 e. The predicted molar refractivity (Wildman–Crippen MR) is 286 cm³/mol. The molecule has 3 heterocycles. The molecule has 27 nitrogen and oxygen atoms in total. The number of carbonyl (C=O) groups is 3. The number of hydrogen-bond donors (Lipinski definition) is 9. The van der Waals surface area contributed by atoms with Crippen LogP contribution in [-0.4, -0.2) is 108 Å². The van der Waals surface area contributed by atoms with Crippen molar-refractivity contribution in [3.63, 3.8) is 0 Å². The van der Waals surface area contributed by atoms with E-state index < -0.39 is 84.6 Å². The number of aliphatic hydroxyl groups excluding tert-OH is 2. The van der Waals surface area contributed by atoms with Crippen LogP contribution in [0.25, 0.3) is 11.2 Å². The summed E-state index contributed by atoms with van der Waals surface area (Å²) in [7, 11) is -17.3. The van der Waals surface area contributed by atoms with Gasteiger partial charge in [-0.25, -0.2) is 19.3 Å². The van der Waals surface area contributed by atoms with E-state index in [0.717, 1.165) is 48.2 Å². The Labute approximate surface area is 451 Å². The Morgan fingerprint density at radius 3 is 1.96 bits per heavy atom. The summed E-state index contributed by atoms with van der Waals surface area (Å²) in [6.07, 6.45) is 21.4. The molecule has 2 amide bonds. The van der Waals surface area contributed by atoms with E-state index in [9.17, 15) is 57.9 Å². The highest BCUT2D eigenvalue weighted by atomic mass is 32.2. The van der Waals surface area contributed by atoms with Crippen molar-refractivity contribution < 1.29 is 80.5 Å². The van der Waals surface area contributed by atoms with Crippen LogP contribution in [0.4, 0.5) is 5.82 Å². The zero-order chi connectivity index (χ0) is 53.9. The lowest BCUT2D eigenvalue weighted by Crippen LogP contribution is -2.46. The second-order valence-corrected chi connectivity index (χ2v) is 23.9. The Morgan fingerprint density at radius 2 is 1.38 bits per heavy atom. The van der Waals surface area contributed by atoms with Gasteiger partial charge in [0, 0.05) is 37.1 Å². The zero-order valence-electron chi connectivity index (χ0n) is 45.3. The van der Waals surface area contributed by atoms with Crippen LogP contribution < -0.4 is 49.5 Å². The summed E-state index contributed by atoms with van der Waals surface area (Å²) in [6, 6.07) is 0. The van der Waals surface area contributed by atoms with Crippen molar-refractivity contribution in [2.24, 2.45) is 5.41 Å². The summed E-state index contributed by atoms with van der Waals surface area (Å²) < 4.78 is 61.3. The molecule has 8 atom stereocenters. The number of ether oxygens (including phenoxy) is 1. The minimum absolute atomic E-state index is 0. The molecule has 0 saturated carbocycles. The molecule has 31 heteroatoms. The molecule has 3 rings (SSSR count). The van der Waals surface area contributed by atoms with Gasteiger partial charge in [-0.05, 0) is 32.1 Å². The number of nitrogen functional groups attached to an aromatic ring is 1. The summed E-state index contributed by atoms with van der Waals surface area (Å²) in [5.74, 6) is -1.11. The summed E-state index contributed by atoms with van der Waals surface area (Å²) in [5.41, 5.74) is 4.14. The van der Waals surface area contributed by atoms with Gasteiger partial charge in [-0.1, -0.05) is 135 Å². The number of aromatic nitrogens is 4. The number of unbranched alkanes of at least 4 members (excludes halogenated alkanes) is 17. The normalized spacial score (nSPS) is 19.4. The number of thioether (sulfide) groups is 1. The molecule has 1 fully saturated rings. The van der Waals surface area contributed by atoms with Crippen molar-refractivity contribution in [1.29, 1.82) is 0 Å². The fourth-order valence-corrected chi connectivity index (χ4v) is 11.2. The first-order chi connectivity index (χ1) is 34.6. The minimum Gasteiger partial charge on any atom is -0.756 e. The number of nitrogens with zero attached hydrogens (tertiary/aromatic N) is 4. The first kappa shape index (κ1) is 73.2. The predicted octanol–water partition coefficient (Wildman–Crippen LogP) is 6.28. The number of allylic oxidation sites excluding steroid dienone is 2. The van der Waals surface area contributed by atoms with Crippen molar-refractivity contribution in [3.05, 3.63) is 24.8 Å². The first-order valence-electron chi connectivity index (χ1n) is 25.2. The molecule has 0 aromatic carbocycles. The lowest BCUT2D eigenvalue weighted by molar-refractivity contribution is -0.247. The molecule has 0 bridgehead atoms. The molecule has 0 radical (unpaired) electrons. The molecule has 1 aliphatic heterocycles. The van der Waals surface area contributed by atoms with Crippen LogP contribution in [0.15, 0.2) is 24.8 Å². The molecule has 2 aromatic rings. The highest BCUT2D eigenvalue weighted by Crippen LogP contribution is 2.56. The summed E-state index contributed by atoms with van der Waals surface area (Å²) in [4.78, 5) is 95.1. The number of phosphoric acid groups is 3. The summed E-state index contributed by atoms with van der Waals surface area (Å²) in [5, 5.41) is 26.6. The van der Waals surface area contributed by atoms with Crippen LogP contribution in [0.3, 0.4) is 0 Å². The Morgan fingerprint density at radius 1 is 0.829 bits per heavy atom. The summed E-state index contributed by atoms with van der Waals surface area (Å²) in [6.45, 7) is 2.48. The smallest absolute Gasteiger partial charge is 0.274 e. The maximum absolute atomic E-state index is 12.7. The van der Waals surface area contributed by atoms with Gasteiger partial charge in [-0.3, -0.25) is 32.6 Å². The van der Waals surface area contributed by atoms with E-state index in [1.54, 1.807) is 0 Å². The average Bonchev–Trinajstić information content (AvgIpc) is 3.88. The number of quaternary nitrogens is 3. The number of amides is 2. The number of aliphatic hydroxyl groups is 2. The standard InChI is InChI=1S/C45H80N7O17P3S.3H3N/c1-4-5-6-7-8-9-10-11-12-13-14-15-16-17-18-19-20-21-22-23-24-25-36(54)73-29-28-47-35(53)26-27-48-43(57)40(56)45(2,3)31-66-72(63,64)69-71(61,62)65-30-34-39(68-70(58,59)60)38(55)44(67-34)52-33-51-37-41(46)49-32-50-42(37)52;;;/h11-12,32-34,38-40,44,55-56H,4-10,13-31H2,1-3H3,(H,47,53)(H,48,57)(H,61,62)(H,63,64)(H2,46,49,50)(H2,58,59,60);3*1H3.